The maximum absolute atomic E-state index is 6.04. The summed E-state index contributed by atoms with van der Waals surface area (Å²) in [5, 5.41) is 1.25. The lowest BCUT2D eigenvalue weighted by atomic mass is 10.2. The van der Waals surface area contributed by atoms with Gasteiger partial charge in [0.25, 0.3) is 0 Å². The molecule has 0 saturated carbocycles. The predicted molar refractivity (Wildman–Crippen MR) is 61.5 cm³/mol. The molecule has 74 valence electrons. The third-order valence-corrected chi connectivity index (χ3v) is 8.04. The Morgan fingerprint density at radius 3 is 2.00 bits per heavy atom. The first-order chi connectivity index (χ1) is 5.20. The van der Waals surface area contributed by atoms with Gasteiger partial charge in [-0.3, -0.25) is 0 Å². The summed E-state index contributed by atoms with van der Waals surface area (Å²) in [4.78, 5) is 0. The van der Waals surface area contributed by atoms with Gasteiger partial charge in [0.15, 0.2) is 8.32 Å². The van der Waals surface area contributed by atoms with Crippen molar-refractivity contribution in [1.29, 1.82) is 0 Å². The van der Waals surface area contributed by atoms with Crippen molar-refractivity contribution in [2.24, 2.45) is 0 Å². The molecule has 0 aromatic heterocycles. The van der Waals surface area contributed by atoms with E-state index in [0.717, 1.165) is 5.33 Å². The van der Waals surface area contributed by atoms with Crippen LogP contribution < -0.4 is 0 Å². The Balaban J connectivity index is 4.22. The summed E-state index contributed by atoms with van der Waals surface area (Å²) >= 11 is 3.43. The quantitative estimate of drug-likeness (QED) is 0.549. The molecule has 12 heavy (non-hydrogen) atoms. The lowest BCUT2D eigenvalue weighted by Crippen LogP contribution is -2.43. The number of hydrogen-bond acceptors (Lipinski definition) is 1. The molecule has 0 bridgehead atoms. The fraction of sp³-hybridized carbons (Fsp3) is 1.00. The van der Waals surface area contributed by atoms with Crippen LogP contribution in [0.3, 0.4) is 0 Å². The van der Waals surface area contributed by atoms with Crippen LogP contribution in [0.2, 0.25) is 18.1 Å². The second-order valence-electron chi connectivity index (χ2n) is 4.84. The van der Waals surface area contributed by atoms with E-state index in [0.29, 0.717) is 11.1 Å². The summed E-state index contributed by atoms with van der Waals surface area (Å²) in [5.41, 5.74) is 0. The zero-order valence-electron chi connectivity index (χ0n) is 9.07. The Kier molecular flexibility index (Phi) is 4.48. The first-order valence-electron chi connectivity index (χ1n) is 4.44. The van der Waals surface area contributed by atoms with E-state index in [4.69, 9.17) is 4.43 Å². The lowest BCUT2D eigenvalue weighted by molar-refractivity contribution is 0.223. The first-order valence-corrected chi connectivity index (χ1v) is 8.47. The molecule has 0 rings (SSSR count). The molecular weight excluding hydrogens is 232 g/mol. The van der Waals surface area contributed by atoms with Crippen molar-refractivity contribution < 1.29 is 4.43 Å². The van der Waals surface area contributed by atoms with Crippen LogP contribution in [0.25, 0.3) is 0 Å². The standard InChI is InChI=1S/C9H21BrOSi/c1-8(7-10)11-12(5,6)9(2,3)4/h8H,7H2,1-6H3/t8-/m0/s1. The van der Waals surface area contributed by atoms with Crippen molar-refractivity contribution in [3.8, 4) is 0 Å². The third kappa shape index (κ3) is 3.58. The molecule has 0 heterocycles. The molecule has 1 atom stereocenters. The van der Waals surface area contributed by atoms with Gasteiger partial charge in [0, 0.05) is 5.33 Å². The average molecular weight is 253 g/mol. The normalized spacial score (nSPS) is 16.2. The third-order valence-electron chi connectivity index (χ3n) is 2.52. The molecule has 0 fully saturated rings. The van der Waals surface area contributed by atoms with Gasteiger partial charge in [0.2, 0.25) is 0 Å². The van der Waals surface area contributed by atoms with E-state index in [1.807, 2.05) is 0 Å². The summed E-state index contributed by atoms with van der Waals surface area (Å²) in [5.74, 6) is 0. The first kappa shape index (κ1) is 12.7. The topological polar surface area (TPSA) is 9.23 Å². The Bertz CT molecular complexity index is 140. The zero-order chi connectivity index (χ0) is 9.99. The largest absolute Gasteiger partial charge is 0.413 e. The van der Waals surface area contributed by atoms with Gasteiger partial charge in [-0.25, -0.2) is 0 Å². The molecule has 0 aliphatic carbocycles. The highest BCUT2D eigenvalue weighted by Crippen LogP contribution is 2.37. The second kappa shape index (κ2) is 4.25. The van der Waals surface area contributed by atoms with Gasteiger partial charge in [-0.1, -0.05) is 36.7 Å². The van der Waals surface area contributed by atoms with Crippen LogP contribution in [0.15, 0.2) is 0 Å². The van der Waals surface area contributed by atoms with Crippen LogP contribution in [0.1, 0.15) is 27.7 Å². The minimum atomic E-state index is -1.52. The highest BCUT2D eigenvalue weighted by molar-refractivity contribution is 9.09. The van der Waals surface area contributed by atoms with Gasteiger partial charge in [-0.15, -0.1) is 0 Å². The van der Waals surface area contributed by atoms with E-state index in [9.17, 15) is 0 Å². The Morgan fingerprint density at radius 1 is 1.33 bits per heavy atom. The summed E-state index contributed by atoms with van der Waals surface area (Å²) < 4.78 is 6.04. The summed E-state index contributed by atoms with van der Waals surface area (Å²) in [6, 6.07) is 0. The van der Waals surface area contributed by atoms with E-state index in [1.165, 1.54) is 0 Å². The number of alkyl halides is 1. The van der Waals surface area contributed by atoms with Crippen molar-refractivity contribution in [2.75, 3.05) is 5.33 Å². The molecule has 0 radical (unpaired) electrons. The molecule has 0 N–H and O–H groups in total. The van der Waals surface area contributed by atoms with Gasteiger partial charge in [0.1, 0.15) is 0 Å². The van der Waals surface area contributed by atoms with E-state index in [1.54, 1.807) is 0 Å². The van der Waals surface area contributed by atoms with E-state index < -0.39 is 8.32 Å². The van der Waals surface area contributed by atoms with Crippen molar-refractivity contribution in [3.63, 3.8) is 0 Å². The molecule has 0 aliphatic heterocycles. The van der Waals surface area contributed by atoms with Crippen LogP contribution in [0.4, 0.5) is 0 Å². The number of halogens is 1. The summed E-state index contributed by atoms with van der Waals surface area (Å²) in [6.07, 6.45) is 0.339. The fourth-order valence-corrected chi connectivity index (χ4v) is 2.53. The lowest BCUT2D eigenvalue weighted by Gasteiger charge is -2.38. The second-order valence-corrected chi connectivity index (χ2v) is 10.2. The Labute approximate surface area is 86.1 Å². The van der Waals surface area contributed by atoms with Crippen LogP contribution >= 0.6 is 15.9 Å². The van der Waals surface area contributed by atoms with E-state index >= 15 is 0 Å². The van der Waals surface area contributed by atoms with Crippen molar-refractivity contribution in [2.45, 2.75) is 51.9 Å². The highest BCUT2D eigenvalue weighted by Gasteiger charge is 2.38. The molecule has 0 saturated heterocycles. The van der Waals surface area contributed by atoms with E-state index in [-0.39, 0.29) is 0 Å². The van der Waals surface area contributed by atoms with Gasteiger partial charge < -0.3 is 4.43 Å². The van der Waals surface area contributed by atoms with Gasteiger partial charge >= 0.3 is 0 Å². The minimum absolute atomic E-state index is 0.323. The van der Waals surface area contributed by atoms with Gasteiger partial charge in [0.05, 0.1) is 6.10 Å². The Hall–Kier alpha value is 0.657. The fourth-order valence-electron chi connectivity index (χ4n) is 0.711. The molecule has 0 amide bonds. The van der Waals surface area contributed by atoms with Crippen LogP contribution in [0.5, 0.6) is 0 Å². The number of rotatable bonds is 3. The monoisotopic (exact) mass is 252 g/mol. The predicted octanol–water partition coefficient (Wildman–Crippen LogP) is 3.79. The molecule has 0 aromatic carbocycles. The molecule has 1 nitrogen and oxygen atoms in total. The smallest absolute Gasteiger partial charge is 0.192 e. The van der Waals surface area contributed by atoms with Crippen molar-refractivity contribution >= 4 is 24.2 Å². The van der Waals surface area contributed by atoms with Gasteiger partial charge in [-0.2, -0.15) is 0 Å². The molecular formula is C9H21BrOSi. The summed E-state index contributed by atoms with van der Waals surface area (Å²) in [7, 11) is -1.52. The molecule has 3 heteroatoms. The van der Waals surface area contributed by atoms with E-state index in [2.05, 4.69) is 56.7 Å². The van der Waals surface area contributed by atoms with Crippen LogP contribution in [-0.4, -0.2) is 19.8 Å². The molecule has 0 spiro atoms. The SMILES string of the molecule is C[C@@H](CBr)O[Si](C)(C)C(C)(C)C. The number of hydrogen-bond donors (Lipinski definition) is 0. The minimum Gasteiger partial charge on any atom is -0.413 e. The average Bonchev–Trinajstić information content (AvgIpc) is 1.84. The van der Waals surface area contributed by atoms with Crippen LogP contribution in [0, 0.1) is 0 Å². The highest BCUT2D eigenvalue weighted by atomic mass is 79.9. The molecule has 0 unspecified atom stereocenters. The Morgan fingerprint density at radius 2 is 1.75 bits per heavy atom. The molecule has 0 aliphatic rings. The zero-order valence-corrected chi connectivity index (χ0v) is 11.7. The van der Waals surface area contributed by atoms with Crippen LogP contribution in [-0.2, 0) is 4.43 Å². The maximum Gasteiger partial charge on any atom is 0.192 e. The molecule has 0 aromatic rings. The summed E-state index contributed by atoms with van der Waals surface area (Å²) in [6.45, 7) is 13.5. The van der Waals surface area contributed by atoms with Crippen molar-refractivity contribution in [1.82, 2.24) is 0 Å². The maximum atomic E-state index is 6.04. The van der Waals surface area contributed by atoms with Gasteiger partial charge in [-0.05, 0) is 25.1 Å². The van der Waals surface area contributed by atoms with Crippen molar-refractivity contribution in [3.05, 3.63) is 0 Å².